The molecule has 0 atom stereocenters. The van der Waals surface area contributed by atoms with Crippen molar-refractivity contribution in [3.8, 4) is 33.4 Å². The number of rotatable bonds is 6. The van der Waals surface area contributed by atoms with Crippen LogP contribution in [0.2, 0.25) is 0 Å². The number of anilines is 3. The van der Waals surface area contributed by atoms with E-state index in [2.05, 4.69) is 231 Å². The van der Waals surface area contributed by atoms with Crippen molar-refractivity contribution >= 4 is 60.9 Å². The molecule has 0 bridgehead atoms. The van der Waals surface area contributed by atoms with E-state index in [9.17, 15) is 0 Å². The summed E-state index contributed by atoms with van der Waals surface area (Å²) in [5, 5.41) is 4.40. The van der Waals surface area contributed by atoms with Crippen LogP contribution in [0.3, 0.4) is 0 Å². The van der Waals surface area contributed by atoms with Crippen LogP contribution < -0.4 is 4.90 Å². The van der Waals surface area contributed by atoms with Gasteiger partial charge in [-0.2, -0.15) is 0 Å². The van der Waals surface area contributed by atoms with Gasteiger partial charge in [0.2, 0.25) is 0 Å². The minimum absolute atomic E-state index is 0.175. The molecule has 0 radical (unpaired) electrons. The Bertz CT molecular complexity index is 3920. The molecule has 0 unspecified atom stereocenters. The summed E-state index contributed by atoms with van der Waals surface area (Å²) in [6, 6.07) is 81.7. The third-order valence-corrected chi connectivity index (χ3v) is 15.0. The van der Waals surface area contributed by atoms with Crippen molar-refractivity contribution in [2.75, 3.05) is 4.90 Å². The van der Waals surface area contributed by atoms with E-state index < -0.39 is 5.41 Å². The molecule has 0 saturated heterocycles. The first-order chi connectivity index (χ1) is 33.0. The quantitative estimate of drug-likeness (QED) is 0.167. The third-order valence-electron chi connectivity index (χ3n) is 15.0. The average Bonchev–Trinajstić information content (AvgIpc) is 4.11. The molecule has 10 aromatic carbocycles. The molecule has 0 fully saturated rings. The van der Waals surface area contributed by atoms with Crippen molar-refractivity contribution in [2.45, 2.75) is 24.7 Å². The zero-order valence-corrected chi connectivity index (χ0v) is 37.1. The fraction of sp³-hybridized carbons (Fsp3) is 0.0625. The van der Waals surface area contributed by atoms with E-state index in [1.807, 2.05) is 12.1 Å². The molecule has 67 heavy (non-hydrogen) atoms. The van der Waals surface area contributed by atoms with Crippen LogP contribution in [0.15, 0.2) is 233 Å². The summed E-state index contributed by atoms with van der Waals surface area (Å²) in [5.74, 6) is 0. The van der Waals surface area contributed by atoms with E-state index in [0.717, 1.165) is 77.6 Å². The molecule has 12 aromatic rings. The largest absolute Gasteiger partial charge is 0.456 e. The molecule has 0 aliphatic heterocycles. The highest BCUT2D eigenvalue weighted by atomic mass is 16.3. The number of hydrogen-bond acceptors (Lipinski definition) is 3. The number of benzene rings is 10. The highest BCUT2D eigenvalue weighted by Gasteiger charge is 2.47. The zero-order chi connectivity index (χ0) is 44.4. The predicted octanol–water partition coefficient (Wildman–Crippen LogP) is 17.3. The number of para-hydroxylation sites is 3. The molecule has 0 N–H and O–H groups in total. The maximum Gasteiger partial charge on any atom is 0.143 e. The Morgan fingerprint density at radius 3 is 1.67 bits per heavy atom. The number of fused-ring (bicyclic) bond motifs is 12. The van der Waals surface area contributed by atoms with Crippen LogP contribution in [-0.2, 0) is 10.8 Å². The number of hydrogen-bond donors (Lipinski definition) is 0. The molecule has 2 aliphatic carbocycles. The Balaban J connectivity index is 1.00. The summed E-state index contributed by atoms with van der Waals surface area (Å²) in [5.41, 5.74) is 20.7. The molecule has 2 aliphatic rings. The van der Waals surface area contributed by atoms with E-state index in [1.54, 1.807) is 0 Å². The van der Waals surface area contributed by atoms with E-state index >= 15 is 0 Å². The molecule has 0 spiro atoms. The van der Waals surface area contributed by atoms with Crippen LogP contribution >= 0.6 is 0 Å². The second-order valence-electron chi connectivity index (χ2n) is 18.7. The smallest absolute Gasteiger partial charge is 0.143 e. The minimum atomic E-state index is -0.610. The van der Waals surface area contributed by atoms with Crippen LogP contribution in [0.1, 0.15) is 47.2 Å². The Kier molecular flexibility index (Phi) is 7.95. The van der Waals surface area contributed by atoms with Crippen molar-refractivity contribution in [1.29, 1.82) is 0 Å². The van der Waals surface area contributed by atoms with Crippen molar-refractivity contribution in [3.05, 3.63) is 258 Å². The van der Waals surface area contributed by atoms with Gasteiger partial charge in [-0.3, -0.25) is 0 Å². The highest BCUT2D eigenvalue weighted by Crippen LogP contribution is 2.58. The summed E-state index contributed by atoms with van der Waals surface area (Å²) in [4.78, 5) is 2.43. The van der Waals surface area contributed by atoms with E-state index in [-0.39, 0.29) is 5.41 Å². The summed E-state index contributed by atoms with van der Waals surface area (Å²) in [6.45, 7) is 4.71. The van der Waals surface area contributed by atoms with Crippen molar-refractivity contribution < 1.29 is 8.83 Å². The molecule has 0 amide bonds. The van der Waals surface area contributed by atoms with Gasteiger partial charge in [-0.25, -0.2) is 0 Å². The number of furan rings is 2. The van der Waals surface area contributed by atoms with Gasteiger partial charge in [0.25, 0.3) is 0 Å². The first-order valence-electron chi connectivity index (χ1n) is 23.2. The second kappa shape index (κ2) is 14.1. The van der Waals surface area contributed by atoms with E-state index in [0.29, 0.717) is 0 Å². The summed E-state index contributed by atoms with van der Waals surface area (Å²) >= 11 is 0. The van der Waals surface area contributed by atoms with Gasteiger partial charge in [0.1, 0.15) is 22.3 Å². The number of nitrogens with zero attached hydrogens (tertiary/aromatic N) is 1. The molecule has 2 aromatic heterocycles. The molecule has 14 rings (SSSR count). The Hall–Kier alpha value is -8.40. The van der Waals surface area contributed by atoms with Crippen LogP contribution in [0.5, 0.6) is 0 Å². The average molecular weight is 858 g/mol. The summed E-state index contributed by atoms with van der Waals surface area (Å²) in [6.07, 6.45) is 0. The molecular formula is C64H43NO2. The fourth-order valence-corrected chi connectivity index (χ4v) is 12.0. The van der Waals surface area contributed by atoms with Crippen LogP contribution in [0, 0.1) is 0 Å². The monoisotopic (exact) mass is 857 g/mol. The predicted molar refractivity (Wildman–Crippen MR) is 276 cm³/mol. The van der Waals surface area contributed by atoms with E-state index in [4.69, 9.17) is 8.83 Å². The Labute approximate surface area is 388 Å². The second-order valence-corrected chi connectivity index (χ2v) is 18.7. The summed E-state index contributed by atoms with van der Waals surface area (Å²) < 4.78 is 13.8. The zero-order valence-electron chi connectivity index (χ0n) is 37.1. The van der Waals surface area contributed by atoms with Gasteiger partial charge in [0.05, 0.1) is 16.5 Å². The SMILES string of the molecule is CC1(C)c2ccccc2-c2ccc(N(c3ccc(-c4cccc5c4oc4ccccc45)cc3)c3cccc4oc5c(C6(c7ccccc7)c7ccccc7-c7ccccc76)cccc5c34)cc21. The lowest BCUT2D eigenvalue weighted by Gasteiger charge is -2.33. The maximum absolute atomic E-state index is 7.29. The minimum Gasteiger partial charge on any atom is -0.456 e. The molecule has 316 valence electrons. The van der Waals surface area contributed by atoms with Gasteiger partial charge >= 0.3 is 0 Å². The Morgan fingerprint density at radius 1 is 0.358 bits per heavy atom. The topological polar surface area (TPSA) is 29.5 Å². The maximum atomic E-state index is 7.29. The lowest BCUT2D eigenvalue weighted by molar-refractivity contribution is 0.648. The van der Waals surface area contributed by atoms with Crippen LogP contribution in [0.25, 0.3) is 77.3 Å². The molecule has 0 saturated carbocycles. The highest BCUT2D eigenvalue weighted by molar-refractivity contribution is 6.15. The van der Waals surface area contributed by atoms with Crippen molar-refractivity contribution in [1.82, 2.24) is 0 Å². The first kappa shape index (κ1) is 37.9. The van der Waals surface area contributed by atoms with Crippen LogP contribution in [0.4, 0.5) is 17.1 Å². The van der Waals surface area contributed by atoms with Crippen LogP contribution in [-0.4, -0.2) is 0 Å². The van der Waals surface area contributed by atoms with Crippen molar-refractivity contribution in [2.24, 2.45) is 0 Å². The van der Waals surface area contributed by atoms with Gasteiger partial charge in [0, 0.05) is 44.1 Å². The van der Waals surface area contributed by atoms with Gasteiger partial charge in [0.15, 0.2) is 0 Å². The third kappa shape index (κ3) is 5.23. The first-order valence-corrected chi connectivity index (χ1v) is 23.2. The van der Waals surface area contributed by atoms with E-state index in [1.165, 1.54) is 50.1 Å². The molecule has 2 heterocycles. The van der Waals surface area contributed by atoms with Gasteiger partial charge < -0.3 is 13.7 Å². The van der Waals surface area contributed by atoms with Gasteiger partial charge in [-0.1, -0.05) is 196 Å². The van der Waals surface area contributed by atoms with Gasteiger partial charge in [-0.15, -0.1) is 0 Å². The normalized spacial score (nSPS) is 14.1. The lowest BCUT2D eigenvalue weighted by Crippen LogP contribution is -2.28. The molecule has 3 heteroatoms. The van der Waals surface area contributed by atoms with Crippen molar-refractivity contribution in [3.63, 3.8) is 0 Å². The fourth-order valence-electron chi connectivity index (χ4n) is 12.0. The Morgan fingerprint density at radius 2 is 0.896 bits per heavy atom. The standard InChI is InChI=1S/C64H43NO2/c1-63(2)52-26-10-6-19-45(52)48-38-37-43(39-56(48)63)65(42-35-33-40(34-36-42)44-23-14-24-50-49-22-9-13-31-58(49)66-61(44)50)57-30-16-32-59-60(57)51-25-15-29-55(62(51)67-59)64(41-17-4-3-5-18-41)53-27-11-7-20-46(53)47-21-8-12-28-54(47)64/h3-39H,1-2H3. The molecular weight excluding hydrogens is 815 g/mol. The molecule has 3 nitrogen and oxygen atoms in total. The van der Waals surface area contributed by atoms with Gasteiger partial charge in [-0.05, 0) is 98.1 Å². The lowest BCUT2D eigenvalue weighted by atomic mass is 9.67. The summed E-state index contributed by atoms with van der Waals surface area (Å²) in [7, 11) is 0.